The molecule has 0 amide bonds. The Hall–Kier alpha value is -0.430. The van der Waals surface area contributed by atoms with E-state index in [9.17, 15) is 8.42 Å². The fourth-order valence-electron chi connectivity index (χ4n) is 1.96. The molecule has 2 heterocycles. The molecule has 1 aliphatic rings. The molecule has 6 heteroatoms. The van der Waals surface area contributed by atoms with E-state index in [1.807, 2.05) is 17.5 Å². The van der Waals surface area contributed by atoms with Crippen molar-refractivity contribution in [3.05, 3.63) is 22.4 Å². The van der Waals surface area contributed by atoms with Gasteiger partial charge in [-0.25, -0.2) is 13.1 Å². The largest absolute Gasteiger partial charge is 0.315 e. The molecule has 1 aliphatic heterocycles. The lowest BCUT2D eigenvalue weighted by molar-refractivity contribution is 0.428. The van der Waals surface area contributed by atoms with Crippen molar-refractivity contribution in [3.63, 3.8) is 0 Å². The standard InChI is InChI=1S/C11H18N2O2S2/c14-17(15,8-5-11-4-2-7-16-11)13-10-3-1-6-12-9-10/h2,4,7,10,12-13H,1,3,5-6,8-9H2/t10-/m0/s1. The molecule has 1 aromatic heterocycles. The molecular weight excluding hydrogens is 256 g/mol. The number of nitrogens with one attached hydrogen (secondary N) is 2. The van der Waals surface area contributed by atoms with Crippen LogP contribution in [0.25, 0.3) is 0 Å². The van der Waals surface area contributed by atoms with Gasteiger partial charge in [0.2, 0.25) is 10.0 Å². The molecular formula is C11H18N2O2S2. The van der Waals surface area contributed by atoms with Crippen LogP contribution in [0.5, 0.6) is 0 Å². The first-order valence-corrected chi connectivity index (χ1v) is 8.42. The van der Waals surface area contributed by atoms with Crippen molar-refractivity contribution < 1.29 is 8.42 Å². The van der Waals surface area contributed by atoms with Crippen molar-refractivity contribution in [1.29, 1.82) is 0 Å². The molecule has 0 radical (unpaired) electrons. The maximum absolute atomic E-state index is 11.9. The molecule has 0 unspecified atom stereocenters. The van der Waals surface area contributed by atoms with E-state index in [1.54, 1.807) is 11.3 Å². The van der Waals surface area contributed by atoms with Crippen LogP contribution < -0.4 is 10.0 Å². The highest BCUT2D eigenvalue weighted by atomic mass is 32.2. The monoisotopic (exact) mass is 274 g/mol. The topological polar surface area (TPSA) is 58.2 Å². The summed E-state index contributed by atoms with van der Waals surface area (Å²) in [5.41, 5.74) is 0. The van der Waals surface area contributed by atoms with Gasteiger partial charge >= 0.3 is 0 Å². The van der Waals surface area contributed by atoms with Gasteiger partial charge in [-0.2, -0.15) is 0 Å². The van der Waals surface area contributed by atoms with Gasteiger partial charge in [0.15, 0.2) is 0 Å². The number of aryl methyl sites for hydroxylation is 1. The lowest BCUT2D eigenvalue weighted by atomic mass is 10.1. The Balaban J connectivity index is 1.81. The molecule has 96 valence electrons. The Labute approximate surface area is 106 Å². The highest BCUT2D eigenvalue weighted by Gasteiger charge is 2.19. The first-order chi connectivity index (χ1) is 8.16. The van der Waals surface area contributed by atoms with E-state index < -0.39 is 10.0 Å². The van der Waals surface area contributed by atoms with Crippen molar-refractivity contribution >= 4 is 21.4 Å². The van der Waals surface area contributed by atoms with Gasteiger partial charge in [-0.3, -0.25) is 0 Å². The highest BCUT2D eigenvalue weighted by molar-refractivity contribution is 7.89. The summed E-state index contributed by atoms with van der Waals surface area (Å²) in [5.74, 6) is 0.185. The molecule has 1 saturated heterocycles. The predicted molar refractivity (Wildman–Crippen MR) is 70.8 cm³/mol. The molecule has 0 saturated carbocycles. The van der Waals surface area contributed by atoms with E-state index in [1.165, 1.54) is 0 Å². The van der Waals surface area contributed by atoms with Crippen molar-refractivity contribution in [2.45, 2.75) is 25.3 Å². The summed E-state index contributed by atoms with van der Waals surface area (Å²) < 4.78 is 26.5. The van der Waals surface area contributed by atoms with E-state index >= 15 is 0 Å². The Morgan fingerprint density at radius 3 is 3.06 bits per heavy atom. The number of hydrogen-bond acceptors (Lipinski definition) is 4. The Bertz CT molecular complexity index is 422. The van der Waals surface area contributed by atoms with Crippen molar-refractivity contribution in [2.24, 2.45) is 0 Å². The first kappa shape index (κ1) is 13.0. The Morgan fingerprint density at radius 1 is 1.53 bits per heavy atom. The van der Waals surface area contributed by atoms with Gasteiger partial charge in [-0.15, -0.1) is 11.3 Å². The molecule has 0 bridgehead atoms. The number of thiophene rings is 1. The molecule has 1 aromatic rings. The quantitative estimate of drug-likeness (QED) is 0.841. The van der Waals surface area contributed by atoms with Gasteiger partial charge in [0.1, 0.15) is 0 Å². The van der Waals surface area contributed by atoms with E-state index in [0.717, 1.165) is 30.8 Å². The molecule has 0 aromatic carbocycles. The number of piperidine rings is 1. The second kappa shape index (κ2) is 5.95. The minimum absolute atomic E-state index is 0.0667. The molecule has 0 aliphatic carbocycles. The zero-order valence-corrected chi connectivity index (χ0v) is 11.3. The molecule has 1 fully saturated rings. The zero-order valence-electron chi connectivity index (χ0n) is 9.69. The lowest BCUT2D eigenvalue weighted by Crippen LogP contribution is -2.46. The SMILES string of the molecule is O=S(=O)(CCc1cccs1)N[C@H]1CCCNC1. The molecule has 2 rings (SSSR count). The molecule has 4 nitrogen and oxygen atoms in total. The van der Waals surface area contributed by atoms with Crippen LogP contribution in [0.15, 0.2) is 17.5 Å². The summed E-state index contributed by atoms with van der Waals surface area (Å²) in [7, 11) is -3.14. The fraction of sp³-hybridized carbons (Fsp3) is 0.636. The van der Waals surface area contributed by atoms with Gasteiger partial charge < -0.3 is 5.32 Å². The molecule has 0 spiro atoms. The average molecular weight is 274 g/mol. The normalized spacial score (nSPS) is 21.5. The third kappa shape index (κ3) is 4.39. The second-order valence-electron chi connectivity index (χ2n) is 4.31. The minimum atomic E-state index is -3.14. The highest BCUT2D eigenvalue weighted by Crippen LogP contribution is 2.10. The summed E-state index contributed by atoms with van der Waals surface area (Å²) in [5, 5.41) is 5.17. The average Bonchev–Trinajstić information content (AvgIpc) is 2.80. The van der Waals surface area contributed by atoms with E-state index in [-0.39, 0.29) is 11.8 Å². The Kier molecular flexibility index (Phi) is 4.55. The van der Waals surface area contributed by atoms with Crippen LogP contribution in [0, 0.1) is 0 Å². The summed E-state index contributed by atoms with van der Waals surface area (Å²) >= 11 is 1.61. The maximum Gasteiger partial charge on any atom is 0.212 e. The van der Waals surface area contributed by atoms with Crippen LogP contribution in [0.1, 0.15) is 17.7 Å². The first-order valence-electron chi connectivity index (χ1n) is 5.89. The molecule has 1 atom stereocenters. The van der Waals surface area contributed by atoms with Crippen LogP contribution >= 0.6 is 11.3 Å². The Morgan fingerprint density at radius 2 is 2.41 bits per heavy atom. The lowest BCUT2D eigenvalue weighted by Gasteiger charge is -2.23. The van der Waals surface area contributed by atoms with Crippen LogP contribution in [0.3, 0.4) is 0 Å². The van der Waals surface area contributed by atoms with E-state index in [2.05, 4.69) is 10.0 Å². The minimum Gasteiger partial charge on any atom is -0.315 e. The number of hydrogen-bond donors (Lipinski definition) is 2. The number of rotatable bonds is 5. The van der Waals surface area contributed by atoms with Gasteiger partial charge in [0.25, 0.3) is 0 Å². The summed E-state index contributed by atoms with van der Waals surface area (Å²) in [6.07, 6.45) is 2.58. The van der Waals surface area contributed by atoms with E-state index in [0.29, 0.717) is 6.42 Å². The third-order valence-corrected chi connectivity index (χ3v) is 5.21. The summed E-state index contributed by atoms with van der Waals surface area (Å²) in [6, 6.07) is 3.99. The van der Waals surface area contributed by atoms with Crippen LogP contribution in [0.2, 0.25) is 0 Å². The van der Waals surface area contributed by atoms with Crippen LogP contribution in [-0.4, -0.2) is 33.3 Å². The molecule has 2 N–H and O–H groups in total. The van der Waals surface area contributed by atoms with Gasteiger partial charge in [0, 0.05) is 17.5 Å². The second-order valence-corrected chi connectivity index (χ2v) is 7.22. The zero-order chi connectivity index (χ0) is 12.1. The van der Waals surface area contributed by atoms with Gasteiger partial charge in [0.05, 0.1) is 5.75 Å². The number of sulfonamides is 1. The van der Waals surface area contributed by atoms with Crippen molar-refractivity contribution in [3.8, 4) is 0 Å². The molecule has 17 heavy (non-hydrogen) atoms. The van der Waals surface area contributed by atoms with Crippen molar-refractivity contribution in [2.75, 3.05) is 18.8 Å². The smallest absolute Gasteiger partial charge is 0.212 e. The summed E-state index contributed by atoms with van der Waals surface area (Å²) in [4.78, 5) is 1.12. The maximum atomic E-state index is 11.9. The van der Waals surface area contributed by atoms with Crippen LogP contribution in [-0.2, 0) is 16.4 Å². The summed E-state index contributed by atoms with van der Waals surface area (Å²) in [6.45, 7) is 1.74. The predicted octanol–water partition coefficient (Wildman–Crippen LogP) is 0.962. The van der Waals surface area contributed by atoms with Gasteiger partial charge in [-0.05, 0) is 37.3 Å². The van der Waals surface area contributed by atoms with E-state index in [4.69, 9.17) is 0 Å². The van der Waals surface area contributed by atoms with Gasteiger partial charge in [-0.1, -0.05) is 6.07 Å². The van der Waals surface area contributed by atoms with Crippen molar-refractivity contribution in [1.82, 2.24) is 10.0 Å². The fourth-order valence-corrected chi connectivity index (χ4v) is 4.11. The third-order valence-electron chi connectivity index (χ3n) is 2.84. The van der Waals surface area contributed by atoms with Crippen LogP contribution in [0.4, 0.5) is 0 Å².